The predicted octanol–water partition coefficient (Wildman–Crippen LogP) is 2.81. The minimum atomic E-state index is -0.0300. The maximum absolute atomic E-state index is 11.6. The first-order valence-corrected chi connectivity index (χ1v) is 7.04. The summed E-state index contributed by atoms with van der Waals surface area (Å²) in [5.41, 5.74) is 1.82. The van der Waals surface area contributed by atoms with Gasteiger partial charge in [-0.15, -0.1) is 11.3 Å². The number of rotatable bonds is 5. The number of aromatic nitrogens is 1. The molecule has 5 heteroatoms. The molecule has 1 heterocycles. The number of aryl methyl sites for hydroxylation is 1. The summed E-state index contributed by atoms with van der Waals surface area (Å²) < 4.78 is 0. The number of hydrogen-bond donors (Lipinski definition) is 2. The van der Waals surface area contributed by atoms with E-state index in [1.807, 2.05) is 44.3 Å². The van der Waals surface area contributed by atoms with Crippen molar-refractivity contribution in [1.82, 2.24) is 10.3 Å². The lowest BCUT2D eigenvalue weighted by molar-refractivity contribution is 0.0956. The zero-order chi connectivity index (χ0) is 13.7. The van der Waals surface area contributed by atoms with Crippen LogP contribution in [0.15, 0.2) is 30.5 Å². The molecule has 4 nitrogen and oxygen atoms in total. The molecule has 0 spiro atoms. The number of benzene rings is 1. The van der Waals surface area contributed by atoms with Crippen LogP contribution in [-0.2, 0) is 6.54 Å². The first-order chi connectivity index (χ1) is 9.19. The van der Waals surface area contributed by atoms with Crippen LogP contribution in [0.2, 0.25) is 0 Å². The topological polar surface area (TPSA) is 54.0 Å². The Bertz CT molecular complexity index is 548. The van der Waals surface area contributed by atoms with Crippen LogP contribution in [0, 0.1) is 6.92 Å². The Balaban J connectivity index is 1.93. The van der Waals surface area contributed by atoms with E-state index in [0.717, 1.165) is 10.7 Å². The zero-order valence-electron chi connectivity index (χ0n) is 11.1. The van der Waals surface area contributed by atoms with Gasteiger partial charge in [-0.3, -0.25) is 4.79 Å². The molecule has 0 unspecified atom stereocenters. The van der Waals surface area contributed by atoms with Gasteiger partial charge >= 0.3 is 0 Å². The van der Waals surface area contributed by atoms with Gasteiger partial charge in [-0.2, -0.15) is 0 Å². The Morgan fingerprint density at radius 3 is 2.63 bits per heavy atom. The summed E-state index contributed by atoms with van der Waals surface area (Å²) in [6.07, 6.45) is 1.85. The first-order valence-electron chi connectivity index (χ1n) is 6.22. The molecule has 0 aliphatic rings. The van der Waals surface area contributed by atoms with Crippen LogP contribution in [0.5, 0.6) is 0 Å². The smallest absolute Gasteiger partial charge is 0.251 e. The fourth-order valence-electron chi connectivity index (χ4n) is 1.65. The average molecular weight is 275 g/mol. The van der Waals surface area contributed by atoms with E-state index < -0.39 is 0 Å². The molecule has 19 heavy (non-hydrogen) atoms. The van der Waals surface area contributed by atoms with E-state index >= 15 is 0 Å². The lowest BCUT2D eigenvalue weighted by atomic mass is 10.1. The SMILES string of the molecule is CCNC(=O)c1ccc(CNc2ncc(C)s2)cc1. The van der Waals surface area contributed by atoms with Gasteiger partial charge in [-0.05, 0) is 31.5 Å². The molecule has 2 rings (SSSR count). The first kappa shape index (κ1) is 13.5. The monoisotopic (exact) mass is 275 g/mol. The zero-order valence-corrected chi connectivity index (χ0v) is 11.9. The second kappa shape index (κ2) is 6.33. The van der Waals surface area contributed by atoms with Gasteiger partial charge in [0.2, 0.25) is 0 Å². The van der Waals surface area contributed by atoms with E-state index in [1.54, 1.807) is 11.3 Å². The van der Waals surface area contributed by atoms with Crippen molar-refractivity contribution in [2.24, 2.45) is 0 Å². The van der Waals surface area contributed by atoms with Crippen molar-refractivity contribution in [2.75, 3.05) is 11.9 Å². The average Bonchev–Trinajstić information content (AvgIpc) is 2.83. The molecule has 100 valence electrons. The molecule has 0 saturated carbocycles. The molecule has 0 bridgehead atoms. The molecular weight excluding hydrogens is 258 g/mol. The molecular formula is C14H17N3OS. The second-order valence-corrected chi connectivity index (χ2v) is 5.42. The third-order valence-electron chi connectivity index (χ3n) is 2.62. The van der Waals surface area contributed by atoms with E-state index in [9.17, 15) is 4.79 Å². The summed E-state index contributed by atoms with van der Waals surface area (Å²) >= 11 is 1.64. The molecule has 1 amide bonds. The van der Waals surface area contributed by atoms with Crippen LogP contribution in [-0.4, -0.2) is 17.4 Å². The number of anilines is 1. The summed E-state index contributed by atoms with van der Waals surface area (Å²) in [4.78, 5) is 17.0. The second-order valence-electron chi connectivity index (χ2n) is 4.19. The van der Waals surface area contributed by atoms with Crippen LogP contribution in [0.1, 0.15) is 27.7 Å². The van der Waals surface area contributed by atoms with Crippen LogP contribution in [0.3, 0.4) is 0 Å². The summed E-state index contributed by atoms with van der Waals surface area (Å²) in [6.45, 7) is 5.30. The van der Waals surface area contributed by atoms with Crippen molar-refractivity contribution < 1.29 is 4.79 Å². The summed E-state index contributed by atoms with van der Waals surface area (Å²) in [7, 11) is 0. The van der Waals surface area contributed by atoms with Crippen molar-refractivity contribution >= 4 is 22.4 Å². The third-order valence-corrected chi connectivity index (χ3v) is 3.49. The van der Waals surface area contributed by atoms with Crippen LogP contribution in [0.4, 0.5) is 5.13 Å². The molecule has 0 aliphatic heterocycles. The summed E-state index contributed by atoms with van der Waals surface area (Å²) in [5, 5.41) is 6.96. The fourth-order valence-corrected chi connectivity index (χ4v) is 2.31. The van der Waals surface area contributed by atoms with Gasteiger partial charge in [-0.25, -0.2) is 4.98 Å². The van der Waals surface area contributed by atoms with E-state index in [-0.39, 0.29) is 5.91 Å². The van der Waals surface area contributed by atoms with Gasteiger partial charge in [-0.1, -0.05) is 12.1 Å². The molecule has 1 aromatic heterocycles. The van der Waals surface area contributed by atoms with Gasteiger partial charge in [0.25, 0.3) is 5.91 Å². The van der Waals surface area contributed by atoms with E-state index in [2.05, 4.69) is 15.6 Å². The van der Waals surface area contributed by atoms with E-state index in [4.69, 9.17) is 0 Å². The maximum Gasteiger partial charge on any atom is 0.251 e. The Kier molecular flexibility index (Phi) is 4.52. The van der Waals surface area contributed by atoms with Crippen LogP contribution < -0.4 is 10.6 Å². The van der Waals surface area contributed by atoms with Crippen molar-refractivity contribution in [3.8, 4) is 0 Å². The number of nitrogens with one attached hydrogen (secondary N) is 2. The number of carbonyl (C=O) groups excluding carboxylic acids is 1. The van der Waals surface area contributed by atoms with Gasteiger partial charge in [0.1, 0.15) is 0 Å². The number of amides is 1. The fraction of sp³-hybridized carbons (Fsp3) is 0.286. The number of hydrogen-bond acceptors (Lipinski definition) is 4. The highest BCUT2D eigenvalue weighted by molar-refractivity contribution is 7.15. The Labute approximate surface area is 116 Å². The van der Waals surface area contributed by atoms with Crippen LogP contribution >= 0.6 is 11.3 Å². The largest absolute Gasteiger partial charge is 0.357 e. The van der Waals surface area contributed by atoms with E-state index in [1.165, 1.54) is 4.88 Å². The molecule has 0 aliphatic carbocycles. The molecule has 0 radical (unpaired) electrons. The number of carbonyl (C=O) groups is 1. The Morgan fingerprint density at radius 1 is 1.32 bits per heavy atom. The standard InChI is InChI=1S/C14H17N3OS/c1-3-15-13(18)12-6-4-11(5-7-12)9-17-14-16-8-10(2)19-14/h4-8H,3,9H2,1-2H3,(H,15,18)(H,16,17). The highest BCUT2D eigenvalue weighted by atomic mass is 32.1. The molecule has 0 saturated heterocycles. The molecule has 0 fully saturated rings. The number of thiazole rings is 1. The van der Waals surface area contributed by atoms with Gasteiger partial charge in [0.15, 0.2) is 5.13 Å². The minimum Gasteiger partial charge on any atom is -0.357 e. The van der Waals surface area contributed by atoms with Crippen molar-refractivity contribution in [2.45, 2.75) is 20.4 Å². The van der Waals surface area contributed by atoms with Crippen molar-refractivity contribution in [1.29, 1.82) is 0 Å². The van der Waals surface area contributed by atoms with Gasteiger partial charge < -0.3 is 10.6 Å². The Morgan fingerprint density at radius 2 is 2.05 bits per heavy atom. The normalized spacial score (nSPS) is 10.2. The Hall–Kier alpha value is -1.88. The lowest BCUT2D eigenvalue weighted by Gasteiger charge is -2.05. The summed E-state index contributed by atoms with van der Waals surface area (Å²) in [5.74, 6) is -0.0300. The number of nitrogens with zero attached hydrogens (tertiary/aromatic N) is 1. The van der Waals surface area contributed by atoms with E-state index in [0.29, 0.717) is 18.7 Å². The molecule has 1 aromatic carbocycles. The van der Waals surface area contributed by atoms with Crippen LogP contribution in [0.25, 0.3) is 0 Å². The quantitative estimate of drug-likeness (QED) is 0.882. The van der Waals surface area contributed by atoms with Gasteiger partial charge in [0.05, 0.1) is 0 Å². The summed E-state index contributed by atoms with van der Waals surface area (Å²) in [6, 6.07) is 7.60. The molecule has 2 N–H and O–H groups in total. The maximum atomic E-state index is 11.6. The predicted molar refractivity (Wildman–Crippen MR) is 78.6 cm³/mol. The van der Waals surface area contributed by atoms with Crippen molar-refractivity contribution in [3.05, 3.63) is 46.5 Å². The van der Waals surface area contributed by atoms with Crippen molar-refractivity contribution in [3.63, 3.8) is 0 Å². The minimum absolute atomic E-state index is 0.0300. The molecule has 0 atom stereocenters. The lowest BCUT2D eigenvalue weighted by Crippen LogP contribution is -2.22. The highest BCUT2D eigenvalue weighted by Gasteiger charge is 2.03. The van der Waals surface area contributed by atoms with Gasteiger partial charge in [0, 0.05) is 29.7 Å². The molecule has 2 aromatic rings. The third kappa shape index (κ3) is 3.79. The highest BCUT2D eigenvalue weighted by Crippen LogP contribution is 2.17.